The van der Waals surface area contributed by atoms with Gasteiger partial charge in [0.15, 0.2) is 0 Å². The van der Waals surface area contributed by atoms with Crippen LogP contribution in [0.15, 0.2) is 18.2 Å². The molecule has 0 aromatic heterocycles. The van der Waals surface area contributed by atoms with Crippen LogP contribution in [0.4, 0.5) is 4.79 Å². The SMILES string of the molecule is CC(C)(C)OC(=O)N1CCc2cccc(CBr)c2C1. The van der Waals surface area contributed by atoms with Gasteiger partial charge in [-0.2, -0.15) is 0 Å². The van der Waals surface area contributed by atoms with E-state index in [-0.39, 0.29) is 6.09 Å². The molecule has 0 N–H and O–H groups in total. The Morgan fingerprint density at radius 3 is 2.79 bits per heavy atom. The fourth-order valence-electron chi connectivity index (χ4n) is 2.26. The third-order valence-electron chi connectivity index (χ3n) is 3.17. The largest absolute Gasteiger partial charge is 0.444 e. The van der Waals surface area contributed by atoms with E-state index in [1.807, 2.05) is 20.8 Å². The summed E-state index contributed by atoms with van der Waals surface area (Å²) in [5, 5.41) is 0.818. The molecule has 0 atom stereocenters. The Morgan fingerprint density at radius 1 is 1.42 bits per heavy atom. The molecule has 1 aliphatic rings. The fourth-order valence-corrected chi connectivity index (χ4v) is 2.78. The van der Waals surface area contributed by atoms with Gasteiger partial charge in [0, 0.05) is 18.4 Å². The second-order valence-electron chi connectivity index (χ2n) is 5.84. The van der Waals surface area contributed by atoms with Gasteiger partial charge in [-0.25, -0.2) is 4.79 Å². The van der Waals surface area contributed by atoms with Crippen LogP contribution in [0.5, 0.6) is 0 Å². The molecule has 0 unspecified atom stereocenters. The summed E-state index contributed by atoms with van der Waals surface area (Å²) in [6.45, 7) is 7.06. The Labute approximate surface area is 123 Å². The van der Waals surface area contributed by atoms with Crippen LogP contribution in [0.1, 0.15) is 37.5 Å². The van der Waals surface area contributed by atoms with E-state index in [9.17, 15) is 4.79 Å². The molecule has 1 amide bonds. The Hall–Kier alpha value is -1.03. The molecular weight excluding hydrogens is 306 g/mol. The molecule has 1 aromatic rings. The van der Waals surface area contributed by atoms with Crippen molar-refractivity contribution in [2.24, 2.45) is 0 Å². The van der Waals surface area contributed by atoms with Crippen LogP contribution in [0.25, 0.3) is 0 Å². The van der Waals surface area contributed by atoms with Crippen molar-refractivity contribution in [3.63, 3.8) is 0 Å². The predicted octanol–water partition coefficient (Wildman–Crippen LogP) is 3.87. The number of amides is 1. The molecule has 0 saturated heterocycles. The summed E-state index contributed by atoms with van der Waals surface area (Å²) in [5.41, 5.74) is 3.42. The molecule has 1 heterocycles. The topological polar surface area (TPSA) is 29.5 Å². The number of rotatable bonds is 1. The normalized spacial score (nSPS) is 15.1. The first-order valence-electron chi connectivity index (χ1n) is 6.54. The van der Waals surface area contributed by atoms with Crippen molar-refractivity contribution >= 4 is 22.0 Å². The highest BCUT2D eigenvalue weighted by molar-refractivity contribution is 9.08. The van der Waals surface area contributed by atoms with Crippen molar-refractivity contribution in [2.45, 2.75) is 44.7 Å². The van der Waals surface area contributed by atoms with Gasteiger partial charge in [-0.15, -0.1) is 0 Å². The highest BCUT2D eigenvalue weighted by Gasteiger charge is 2.26. The van der Waals surface area contributed by atoms with Gasteiger partial charge in [0.1, 0.15) is 5.60 Å². The van der Waals surface area contributed by atoms with E-state index in [2.05, 4.69) is 34.1 Å². The monoisotopic (exact) mass is 325 g/mol. The van der Waals surface area contributed by atoms with Crippen molar-refractivity contribution in [3.8, 4) is 0 Å². The van der Waals surface area contributed by atoms with Crippen LogP contribution < -0.4 is 0 Å². The van der Waals surface area contributed by atoms with E-state index in [1.165, 1.54) is 16.7 Å². The average Bonchev–Trinajstić information content (AvgIpc) is 2.35. The van der Waals surface area contributed by atoms with Gasteiger partial charge < -0.3 is 9.64 Å². The van der Waals surface area contributed by atoms with Crippen LogP contribution in [-0.4, -0.2) is 23.1 Å². The van der Waals surface area contributed by atoms with E-state index < -0.39 is 5.60 Å². The standard InChI is InChI=1S/C15H20BrNO2/c1-15(2,3)19-14(18)17-8-7-11-5-4-6-12(9-16)13(11)10-17/h4-6H,7-10H2,1-3H3. The third kappa shape index (κ3) is 3.50. The molecule has 0 aliphatic carbocycles. The maximum atomic E-state index is 12.1. The zero-order valence-corrected chi connectivity index (χ0v) is 13.3. The molecule has 19 heavy (non-hydrogen) atoms. The number of carbonyl (C=O) groups excluding carboxylic acids is 1. The van der Waals surface area contributed by atoms with Crippen LogP contribution in [-0.2, 0) is 23.0 Å². The number of ether oxygens (including phenoxy) is 1. The minimum atomic E-state index is -0.438. The number of benzene rings is 1. The van der Waals surface area contributed by atoms with Gasteiger partial charge in [-0.05, 0) is 43.9 Å². The molecule has 0 radical (unpaired) electrons. The molecule has 0 saturated carbocycles. The quantitative estimate of drug-likeness (QED) is 0.733. The maximum absolute atomic E-state index is 12.1. The average molecular weight is 326 g/mol. The minimum Gasteiger partial charge on any atom is -0.444 e. The van der Waals surface area contributed by atoms with Gasteiger partial charge in [0.05, 0.1) is 0 Å². The van der Waals surface area contributed by atoms with Crippen LogP contribution >= 0.6 is 15.9 Å². The lowest BCUT2D eigenvalue weighted by atomic mass is 9.96. The van der Waals surface area contributed by atoms with Gasteiger partial charge in [-0.3, -0.25) is 0 Å². The summed E-state index contributed by atoms with van der Waals surface area (Å²) < 4.78 is 5.44. The first-order chi connectivity index (χ1) is 8.90. The molecule has 0 fully saturated rings. The van der Waals surface area contributed by atoms with Crippen LogP contribution in [0.3, 0.4) is 0 Å². The number of hydrogen-bond acceptors (Lipinski definition) is 2. The van der Waals surface area contributed by atoms with Gasteiger partial charge in [0.2, 0.25) is 0 Å². The summed E-state index contributed by atoms with van der Waals surface area (Å²) in [6, 6.07) is 6.33. The van der Waals surface area contributed by atoms with Gasteiger partial charge >= 0.3 is 6.09 Å². The summed E-state index contributed by atoms with van der Waals surface area (Å²) in [7, 11) is 0. The first kappa shape index (κ1) is 14.4. The zero-order chi connectivity index (χ0) is 14.0. The summed E-state index contributed by atoms with van der Waals surface area (Å²) in [4.78, 5) is 13.9. The summed E-state index contributed by atoms with van der Waals surface area (Å²) in [5.74, 6) is 0. The Morgan fingerprint density at radius 2 is 2.16 bits per heavy atom. The Kier molecular flexibility index (Phi) is 4.19. The number of alkyl halides is 1. The lowest BCUT2D eigenvalue weighted by molar-refractivity contribution is 0.0223. The summed E-state index contributed by atoms with van der Waals surface area (Å²) in [6.07, 6.45) is 0.678. The predicted molar refractivity (Wildman–Crippen MR) is 79.4 cm³/mol. The van der Waals surface area contributed by atoms with E-state index in [4.69, 9.17) is 4.74 Å². The molecule has 2 rings (SSSR count). The molecule has 1 aliphatic heterocycles. The zero-order valence-electron chi connectivity index (χ0n) is 11.7. The molecule has 0 bridgehead atoms. The van der Waals surface area contributed by atoms with E-state index in [0.29, 0.717) is 6.54 Å². The van der Waals surface area contributed by atoms with E-state index >= 15 is 0 Å². The number of nitrogens with zero attached hydrogens (tertiary/aromatic N) is 1. The molecular formula is C15H20BrNO2. The Balaban J connectivity index is 2.15. The molecule has 104 valence electrons. The Bertz CT molecular complexity index is 465. The van der Waals surface area contributed by atoms with Crippen molar-refractivity contribution in [1.82, 2.24) is 4.90 Å². The van der Waals surface area contributed by atoms with E-state index in [1.54, 1.807) is 4.90 Å². The lowest BCUT2D eigenvalue weighted by Gasteiger charge is -2.32. The number of halogens is 1. The van der Waals surface area contributed by atoms with Crippen molar-refractivity contribution in [3.05, 3.63) is 34.9 Å². The smallest absolute Gasteiger partial charge is 0.410 e. The third-order valence-corrected chi connectivity index (χ3v) is 3.77. The van der Waals surface area contributed by atoms with Gasteiger partial charge in [0.25, 0.3) is 0 Å². The lowest BCUT2D eigenvalue weighted by Crippen LogP contribution is -2.40. The maximum Gasteiger partial charge on any atom is 0.410 e. The highest BCUT2D eigenvalue weighted by atomic mass is 79.9. The minimum absolute atomic E-state index is 0.220. The second-order valence-corrected chi connectivity index (χ2v) is 6.40. The van der Waals surface area contributed by atoms with E-state index in [0.717, 1.165) is 18.3 Å². The molecule has 3 nitrogen and oxygen atoms in total. The molecule has 1 aromatic carbocycles. The summed E-state index contributed by atoms with van der Waals surface area (Å²) >= 11 is 3.51. The number of fused-ring (bicyclic) bond motifs is 1. The highest BCUT2D eigenvalue weighted by Crippen LogP contribution is 2.25. The van der Waals surface area contributed by atoms with Crippen LogP contribution in [0.2, 0.25) is 0 Å². The second kappa shape index (κ2) is 5.53. The molecule has 0 spiro atoms. The van der Waals surface area contributed by atoms with Crippen LogP contribution in [0, 0.1) is 0 Å². The van der Waals surface area contributed by atoms with Crippen molar-refractivity contribution in [1.29, 1.82) is 0 Å². The number of hydrogen-bond donors (Lipinski definition) is 0. The fraction of sp³-hybridized carbons (Fsp3) is 0.533. The molecule has 4 heteroatoms. The van der Waals surface area contributed by atoms with Crippen molar-refractivity contribution in [2.75, 3.05) is 6.54 Å². The first-order valence-corrected chi connectivity index (χ1v) is 7.66. The van der Waals surface area contributed by atoms with Gasteiger partial charge in [-0.1, -0.05) is 34.1 Å². The number of carbonyl (C=O) groups is 1. The van der Waals surface area contributed by atoms with Crippen molar-refractivity contribution < 1.29 is 9.53 Å².